The van der Waals surface area contributed by atoms with Gasteiger partial charge in [-0.25, -0.2) is 9.18 Å². The van der Waals surface area contributed by atoms with Crippen molar-refractivity contribution in [1.29, 1.82) is 0 Å². The van der Waals surface area contributed by atoms with Gasteiger partial charge >= 0.3 is 5.63 Å². The molecular weight excluding hydrogens is 351 g/mol. The van der Waals surface area contributed by atoms with Gasteiger partial charge in [0.2, 0.25) is 0 Å². The molecule has 142 valence electrons. The van der Waals surface area contributed by atoms with Gasteiger partial charge in [-0.2, -0.15) is 0 Å². The Balaban J connectivity index is 1.86. The molecule has 0 unspecified atom stereocenters. The molecule has 0 saturated heterocycles. The molecule has 0 spiro atoms. The van der Waals surface area contributed by atoms with Crippen LogP contribution in [0.3, 0.4) is 0 Å². The highest BCUT2D eigenvalue weighted by Gasteiger charge is 2.15. The van der Waals surface area contributed by atoms with Crippen molar-refractivity contribution in [2.75, 3.05) is 0 Å². The highest BCUT2D eigenvalue weighted by molar-refractivity contribution is 6.05. The largest absolute Gasteiger partial charge is 0.419 e. The lowest BCUT2D eigenvalue weighted by Crippen LogP contribution is -2.02. The first-order valence-corrected chi connectivity index (χ1v) is 9.89. The van der Waals surface area contributed by atoms with Gasteiger partial charge in [-0.15, -0.1) is 0 Å². The van der Waals surface area contributed by atoms with Gasteiger partial charge in [0.05, 0.1) is 5.39 Å². The summed E-state index contributed by atoms with van der Waals surface area (Å²) in [6.45, 7) is 4.16. The molecule has 4 aromatic rings. The minimum Gasteiger partial charge on any atom is -0.419 e. The van der Waals surface area contributed by atoms with Gasteiger partial charge in [-0.05, 0) is 41.2 Å². The second-order valence-corrected chi connectivity index (χ2v) is 7.26. The van der Waals surface area contributed by atoms with Gasteiger partial charge < -0.3 is 4.42 Å². The minimum atomic E-state index is -0.500. The molecule has 1 heterocycles. The van der Waals surface area contributed by atoms with Crippen LogP contribution in [0.15, 0.2) is 63.8 Å². The maximum absolute atomic E-state index is 14.8. The topological polar surface area (TPSA) is 30.2 Å². The van der Waals surface area contributed by atoms with Gasteiger partial charge in [0, 0.05) is 10.8 Å². The van der Waals surface area contributed by atoms with E-state index in [9.17, 15) is 9.18 Å². The third-order valence-corrected chi connectivity index (χ3v) is 5.25. The monoisotopic (exact) mass is 374 g/mol. The molecule has 0 bridgehead atoms. The second-order valence-electron chi connectivity index (χ2n) is 7.26. The van der Waals surface area contributed by atoms with Crippen molar-refractivity contribution in [3.8, 4) is 11.1 Å². The fourth-order valence-electron chi connectivity index (χ4n) is 3.80. The normalized spacial score (nSPS) is 11.4. The van der Waals surface area contributed by atoms with Crippen molar-refractivity contribution < 1.29 is 8.81 Å². The minimum absolute atomic E-state index is 0.0557. The van der Waals surface area contributed by atoms with Crippen LogP contribution in [0, 0.1) is 5.82 Å². The smallest absolute Gasteiger partial charge is 0.344 e. The predicted molar refractivity (Wildman–Crippen MR) is 113 cm³/mol. The molecule has 0 N–H and O–H groups in total. The number of benzene rings is 3. The molecule has 1 aromatic heterocycles. The maximum Gasteiger partial charge on any atom is 0.344 e. The third-order valence-electron chi connectivity index (χ3n) is 5.25. The zero-order chi connectivity index (χ0) is 19.7. The van der Waals surface area contributed by atoms with E-state index in [1.165, 1.54) is 5.56 Å². The average molecular weight is 374 g/mol. The lowest BCUT2D eigenvalue weighted by atomic mass is 9.98. The molecule has 28 heavy (non-hydrogen) atoms. The summed E-state index contributed by atoms with van der Waals surface area (Å²) in [5.41, 5.74) is 3.44. The molecule has 2 nitrogen and oxygen atoms in total. The molecule has 0 fully saturated rings. The van der Waals surface area contributed by atoms with E-state index in [1.807, 2.05) is 31.2 Å². The third kappa shape index (κ3) is 3.22. The van der Waals surface area contributed by atoms with E-state index in [2.05, 4.69) is 31.2 Å². The van der Waals surface area contributed by atoms with Crippen LogP contribution < -0.4 is 5.63 Å². The van der Waals surface area contributed by atoms with Gasteiger partial charge in [0.15, 0.2) is 11.4 Å². The summed E-state index contributed by atoms with van der Waals surface area (Å²) in [5, 5.41) is 1.83. The van der Waals surface area contributed by atoms with E-state index >= 15 is 0 Å². The summed E-state index contributed by atoms with van der Waals surface area (Å²) in [6, 6.07) is 17.8. The Morgan fingerprint density at radius 1 is 0.786 bits per heavy atom. The Morgan fingerprint density at radius 3 is 2.18 bits per heavy atom. The number of aryl methyl sites for hydroxylation is 2. The number of hydrogen-bond acceptors (Lipinski definition) is 2. The van der Waals surface area contributed by atoms with Crippen molar-refractivity contribution in [1.82, 2.24) is 0 Å². The number of fused-ring (bicyclic) bond motifs is 3. The molecular formula is C25H23FO2. The first-order chi connectivity index (χ1) is 13.6. The van der Waals surface area contributed by atoms with Crippen LogP contribution in [-0.2, 0) is 12.8 Å². The summed E-state index contributed by atoms with van der Waals surface area (Å²) in [5.74, 6) is -0.422. The SMILES string of the molecule is CCCc1ccc(-c2ccc3c(c2)c(=O)oc2c(F)c(CCC)ccc23)cc1. The predicted octanol–water partition coefficient (Wildman–Crippen LogP) is 6.66. The molecule has 0 saturated carbocycles. The first kappa shape index (κ1) is 18.4. The molecule has 0 aliphatic heterocycles. The highest BCUT2D eigenvalue weighted by atomic mass is 19.1. The van der Waals surface area contributed by atoms with Crippen LogP contribution in [0.2, 0.25) is 0 Å². The Labute approximate surface area is 163 Å². The number of halogens is 1. The lowest BCUT2D eigenvalue weighted by molar-refractivity contribution is 0.524. The molecule has 3 heteroatoms. The van der Waals surface area contributed by atoms with E-state index in [1.54, 1.807) is 6.07 Å². The average Bonchev–Trinajstić information content (AvgIpc) is 2.71. The van der Waals surface area contributed by atoms with Crippen LogP contribution >= 0.6 is 0 Å². The molecule has 0 aliphatic carbocycles. The summed E-state index contributed by atoms with van der Waals surface area (Å²) in [4.78, 5) is 12.6. The van der Waals surface area contributed by atoms with Crippen molar-refractivity contribution >= 4 is 21.7 Å². The van der Waals surface area contributed by atoms with Crippen LogP contribution in [0.4, 0.5) is 4.39 Å². The van der Waals surface area contributed by atoms with Gasteiger partial charge in [0.1, 0.15) is 0 Å². The molecule has 0 radical (unpaired) electrons. The fourth-order valence-corrected chi connectivity index (χ4v) is 3.80. The van der Waals surface area contributed by atoms with Crippen LogP contribution in [0.1, 0.15) is 37.8 Å². The zero-order valence-electron chi connectivity index (χ0n) is 16.2. The van der Waals surface area contributed by atoms with Crippen molar-refractivity contribution in [2.45, 2.75) is 39.5 Å². The van der Waals surface area contributed by atoms with E-state index in [0.717, 1.165) is 35.8 Å². The quantitative estimate of drug-likeness (QED) is 0.289. The Hall–Kier alpha value is -2.94. The van der Waals surface area contributed by atoms with E-state index < -0.39 is 11.4 Å². The Morgan fingerprint density at radius 2 is 1.46 bits per heavy atom. The molecule has 0 amide bonds. The molecule has 0 atom stereocenters. The summed E-state index contributed by atoms with van der Waals surface area (Å²) >= 11 is 0. The van der Waals surface area contributed by atoms with Crippen LogP contribution in [0.5, 0.6) is 0 Å². The lowest BCUT2D eigenvalue weighted by Gasteiger charge is -2.09. The summed E-state index contributed by atoms with van der Waals surface area (Å²) < 4.78 is 20.2. The second kappa shape index (κ2) is 7.59. The first-order valence-electron chi connectivity index (χ1n) is 9.89. The van der Waals surface area contributed by atoms with Crippen molar-refractivity contribution in [3.05, 3.63) is 82.0 Å². The number of hydrogen-bond donors (Lipinski definition) is 0. The Bertz CT molecular complexity index is 1200. The van der Waals surface area contributed by atoms with Gasteiger partial charge in [-0.3, -0.25) is 0 Å². The van der Waals surface area contributed by atoms with Gasteiger partial charge in [0.25, 0.3) is 0 Å². The van der Waals surface area contributed by atoms with E-state index in [0.29, 0.717) is 22.8 Å². The van der Waals surface area contributed by atoms with E-state index in [4.69, 9.17) is 4.42 Å². The molecule has 0 aliphatic rings. The molecule has 3 aromatic carbocycles. The fraction of sp³-hybridized carbons (Fsp3) is 0.240. The van der Waals surface area contributed by atoms with Crippen LogP contribution in [-0.4, -0.2) is 0 Å². The summed E-state index contributed by atoms with van der Waals surface area (Å²) in [7, 11) is 0. The van der Waals surface area contributed by atoms with Crippen molar-refractivity contribution in [3.63, 3.8) is 0 Å². The number of rotatable bonds is 5. The maximum atomic E-state index is 14.8. The zero-order valence-corrected chi connectivity index (χ0v) is 16.2. The van der Waals surface area contributed by atoms with Crippen molar-refractivity contribution in [2.24, 2.45) is 0 Å². The van der Waals surface area contributed by atoms with Crippen LogP contribution in [0.25, 0.3) is 32.9 Å². The van der Waals surface area contributed by atoms with Gasteiger partial charge in [-0.1, -0.05) is 75.2 Å². The Kier molecular flexibility index (Phi) is 4.99. The highest BCUT2D eigenvalue weighted by Crippen LogP contribution is 2.30. The van der Waals surface area contributed by atoms with E-state index in [-0.39, 0.29) is 5.58 Å². The summed E-state index contributed by atoms with van der Waals surface area (Å²) in [6.07, 6.45) is 3.62. The molecule has 4 rings (SSSR count). The standard InChI is InChI=1S/C25H23FO2/c1-3-5-16-7-9-17(10-8-16)19-12-13-20-21-14-11-18(6-4-2)23(26)24(21)28-25(27)22(20)15-19/h7-15H,3-6H2,1-2H3.